The van der Waals surface area contributed by atoms with Crippen molar-refractivity contribution in [3.05, 3.63) is 18.0 Å². The van der Waals surface area contributed by atoms with Gasteiger partial charge in [0.25, 0.3) is 0 Å². The molecule has 1 aliphatic rings. The zero-order valence-electron chi connectivity index (χ0n) is 8.89. The summed E-state index contributed by atoms with van der Waals surface area (Å²) in [7, 11) is -2.81. The fourth-order valence-electron chi connectivity index (χ4n) is 1.95. The molecule has 15 heavy (non-hydrogen) atoms. The van der Waals surface area contributed by atoms with Gasteiger partial charge in [0.1, 0.15) is 0 Å². The van der Waals surface area contributed by atoms with Gasteiger partial charge in [-0.1, -0.05) is 13.3 Å². The van der Waals surface area contributed by atoms with Crippen LogP contribution in [-0.2, 0) is 16.3 Å². The minimum atomic E-state index is -2.81. The van der Waals surface area contributed by atoms with E-state index in [0.29, 0.717) is 12.2 Å². The lowest BCUT2D eigenvalue weighted by Crippen LogP contribution is -2.11. The molecule has 1 atom stereocenters. The molecule has 1 aliphatic heterocycles. The maximum atomic E-state index is 11.3. The molecule has 0 amide bonds. The molecule has 4 nitrogen and oxygen atoms in total. The largest absolute Gasteiger partial charge is 0.268 e. The molecule has 2 heterocycles. The predicted octanol–water partition coefficient (Wildman–Crippen LogP) is 1.20. The average Bonchev–Trinajstić information content (AvgIpc) is 2.73. The number of aromatic nitrogens is 2. The van der Waals surface area contributed by atoms with Crippen LogP contribution in [0.25, 0.3) is 0 Å². The van der Waals surface area contributed by atoms with E-state index >= 15 is 0 Å². The second-order valence-electron chi connectivity index (χ2n) is 4.09. The van der Waals surface area contributed by atoms with Gasteiger partial charge in [-0.3, -0.25) is 4.68 Å². The highest BCUT2D eigenvalue weighted by molar-refractivity contribution is 7.91. The molecular weight excluding hydrogens is 212 g/mol. The second-order valence-corrected chi connectivity index (χ2v) is 6.32. The third kappa shape index (κ3) is 2.40. The summed E-state index contributed by atoms with van der Waals surface area (Å²) in [4.78, 5) is 0. The fraction of sp³-hybridized carbons (Fsp3) is 0.700. The summed E-state index contributed by atoms with van der Waals surface area (Å²) in [6.07, 6.45) is 4.64. The lowest BCUT2D eigenvalue weighted by molar-refractivity contribution is 0.494. The predicted molar refractivity (Wildman–Crippen MR) is 58.5 cm³/mol. The molecule has 1 fully saturated rings. The number of aryl methyl sites for hydroxylation is 1. The summed E-state index contributed by atoms with van der Waals surface area (Å²) in [5, 5.41) is 4.40. The van der Waals surface area contributed by atoms with E-state index in [4.69, 9.17) is 0 Å². The Morgan fingerprint density at radius 2 is 2.40 bits per heavy atom. The molecule has 2 rings (SSSR count). The molecule has 0 aromatic carbocycles. The monoisotopic (exact) mass is 228 g/mol. The molecule has 0 N–H and O–H groups in total. The van der Waals surface area contributed by atoms with E-state index in [2.05, 4.69) is 12.0 Å². The van der Waals surface area contributed by atoms with Crippen LogP contribution in [0.15, 0.2) is 12.3 Å². The fourth-order valence-corrected chi connectivity index (χ4v) is 3.66. The van der Waals surface area contributed by atoms with Crippen molar-refractivity contribution in [2.75, 3.05) is 11.5 Å². The minimum Gasteiger partial charge on any atom is -0.268 e. The third-order valence-corrected chi connectivity index (χ3v) is 4.50. The minimum absolute atomic E-state index is 0.0561. The normalized spacial score (nSPS) is 24.5. The standard InChI is InChI=1S/C10H16N2O2S/c1-2-3-9-4-6-12(11-9)10-5-7-15(13,14)8-10/h4,6,10H,2-3,5,7-8H2,1H3. The maximum absolute atomic E-state index is 11.3. The molecule has 1 saturated heterocycles. The summed E-state index contributed by atoms with van der Waals surface area (Å²) in [5.74, 6) is 0.556. The van der Waals surface area contributed by atoms with Gasteiger partial charge in [-0.15, -0.1) is 0 Å². The van der Waals surface area contributed by atoms with E-state index in [0.717, 1.165) is 18.5 Å². The number of rotatable bonds is 3. The first-order valence-electron chi connectivity index (χ1n) is 5.35. The zero-order valence-corrected chi connectivity index (χ0v) is 9.70. The highest BCUT2D eigenvalue weighted by Crippen LogP contribution is 2.22. The van der Waals surface area contributed by atoms with Gasteiger partial charge in [-0.25, -0.2) is 8.42 Å². The molecule has 0 radical (unpaired) electrons. The lowest BCUT2D eigenvalue weighted by Gasteiger charge is -2.07. The van der Waals surface area contributed by atoms with E-state index in [9.17, 15) is 8.42 Å². The van der Waals surface area contributed by atoms with Crippen LogP contribution >= 0.6 is 0 Å². The Hall–Kier alpha value is -0.840. The van der Waals surface area contributed by atoms with Crippen molar-refractivity contribution in [3.8, 4) is 0 Å². The Morgan fingerprint density at radius 1 is 1.60 bits per heavy atom. The Bertz CT molecular complexity index is 436. The van der Waals surface area contributed by atoms with Gasteiger partial charge in [0, 0.05) is 6.20 Å². The van der Waals surface area contributed by atoms with Crippen molar-refractivity contribution < 1.29 is 8.42 Å². The highest BCUT2D eigenvalue weighted by Gasteiger charge is 2.29. The molecule has 5 heteroatoms. The number of nitrogens with zero attached hydrogens (tertiary/aromatic N) is 2. The van der Waals surface area contributed by atoms with Gasteiger partial charge in [-0.05, 0) is 18.9 Å². The molecule has 1 unspecified atom stereocenters. The van der Waals surface area contributed by atoms with E-state index in [1.807, 2.05) is 16.9 Å². The SMILES string of the molecule is CCCc1ccn(C2CCS(=O)(=O)C2)n1. The van der Waals surface area contributed by atoms with Gasteiger partial charge in [0.15, 0.2) is 9.84 Å². The van der Waals surface area contributed by atoms with E-state index in [1.165, 1.54) is 0 Å². The highest BCUT2D eigenvalue weighted by atomic mass is 32.2. The first-order valence-corrected chi connectivity index (χ1v) is 7.17. The lowest BCUT2D eigenvalue weighted by atomic mass is 10.3. The van der Waals surface area contributed by atoms with Crippen molar-refractivity contribution in [2.24, 2.45) is 0 Å². The topological polar surface area (TPSA) is 52.0 Å². The Labute approximate surface area is 90.2 Å². The molecule has 1 aromatic rings. The van der Waals surface area contributed by atoms with Crippen LogP contribution in [0.5, 0.6) is 0 Å². The summed E-state index contributed by atoms with van der Waals surface area (Å²) in [6.45, 7) is 2.11. The molecule has 84 valence electrons. The summed E-state index contributed by atoms with van der Waals surface area (Å²) in [6, 6.07) is 2.04. The van der Waals surface area contributed by atoms with Gasteiger partial charge >= 0.3 is 0 Å². The zero-order chi connectivity index (χ0) is 10.9. The summed E-state index contributed by atoms with van der Waals surface area (Å²) < 4.78 is 24.4. The molecule has 0 aliphatic carbocycles. The second kappa shape index (κ2) is 3.96. The van der Waals surface area contributed by atoms with Gasteiger partial charge in [0.05, 0.1) is 23.2 Å². The number of sulfone groups is 1. The van der Waals surface area contributed by atoms with Crippen LogP contribution in [0.4, 0.5) is 0 Å². The molecular formula is C10H16N2O2S. The average molecular weight is 228 g/mol. The van der Waals surface area contributed by atoms with Gasteiger partial charge in [-0.2, -0.15) is 5.10 Å². The Morgan fingerprint density at radius 3 is 3.00 bits per heavy atom. The van der Waals surface area contributed by atoms with E-state index in [-0.39, 0.29) is 11.8 Å². The van der Waals surface area contributed by atoms with E-state index < -0.39 is 9.84 Å². The molecule has 0 bridgehead atoms. The van der Waals surface area contributed by atoms with Crippen molar-refractivity contribution in [1.82, 2.24) is 9.78 Å². The first-order chi connectivity index (χ1) is 7.11. The first kappa shape index (κ1) is 10.7. The quantitative estimate of drug-likeness (QED) is 0.781. The van der Waals surface area contributed by atoms with Crippen LogP contribution in [0.3, 0.4) is 0 Å². The molecule has 0 saturated carbocycles. The number of hydrogen-bond acceptors (Lipinski definition) is 3. The molecule has 1 aromatic heterocycles. The van der Waals surface area contributed by atoms with Crippen LogP contribution in [0.2, 0.25) is 0 Å². The number of hydrogen-bond donors (Lipinski definition) is 0. The Kier molecular flexibility index (Phi) is 2.82. The van der Waals surface area contributed by atoms with Crippen molar-refractivity contribution in [1.29, 1.82) is 0 Å². The van der Waals surface area contributed by atoms with Crippen molar-refractivity contribution >= 4 is 9.84 Å². The van der Waals surface area contributed by atoms with Crippen molar-refractivity contribution in [3.63, 3.8) is 0 Å². The van der Waals surface area contributed by atoms with Crippen LogP contribution < -0.4 is 0 Å². The van der Waals surface area contributed by atoms with E-state index in [1.54, 1.807) is 0 Å². The maximum Gasteiger partial charge on any atom is 0.152 e. The van der Waals surface area contributed by atoms with Crippen LogP contribution in [-0.4, -0.2) is 29.7 Å². The Balaban J connectivity index is 2.10. The molecule has 0 spiro atoms. The smallest absolute Gasteiger partial charge is 0.152 e. The summed E-state index contributed by atoms with van der Waals surface area (Å²) in [5.41, 5.74) is 1.06. The van der Waals surface area contributed by atoms with Gasteiger partial charge in [0.2, 0.25) is 0 Å². The van der Waals surface area contributed by atoms with Crippen LogP contribution in [0.1, 0.15) is 31.5 Å². The van der Waals surface area contributed by atoms with Crippen LogP contribution in [0, 0.1) is 0 Å². The van der Waals surface area contributed by atoms with Crippen molar-refractivity contribution in [2.45, 2.75) is 32.2 Å². The van der Waals surface area contributed by atoms with Gasteiger partial charge < -0.3 is 0 Å². The third-order valence-electron chi connectivity index (χ3n) is 2.75. The summed E-state index contributed by atoms with van der Waals surface area (Å²) >= 11 is 0.